The Hall–Kier alpha value is -1.63. The molecule has 1 aromatic carbocycles. The molecule has 0 amide bonds. The highest BCUT2D eigenvalue weighted by Crippen LogP contribution is 2.36. The molecule has 1 N–H and O–H groups in total. The Morgan fingerprint density at radius 3 is 3.12 bits per heavy atom. The van der Waals surface area contributed by atoms with Crippen LogP contribution in [0.3, 0.4) is 0 Å². The largest absolute Gasteiger partial charge is 0.454 e. The second-order valence-corrected chi connectivity index (χ2v) is 7.63. The molecule has 1 fully saturated rings. The van der Waals surface area contributed by atoms with Crippen LogP contribution in [-0.4, -0.2) is 42.4 Å². The van der Waals surface area contributed by atoms with Crippen LogP contribution in [0.4, 0.5) is 0 Å². The number of nitrogens with one attached hydrogen (secondary N) is 1. The number of nitrogens with zero attached hydrogens (tertiary/aromatic N) is 2. The summed E-state index contributed by atoms with van der Waals surface area (Å²) >= 11 is 1.68. The van der Waals surface area contributed by atoms with Crippen molar-refractivity contribution in [3.63, 3.8) is 0 Å². The topological polar surface area (TPSA) is 46.6 Å². The molecule has 2 aliphatic heterocycles. The van der Waals surface area contributed by atoms with Crippen LogP contribution in [0.15, 0.2) is 23.6 Å². The lowest BCUT2D eigenvalue weighted by Crippen LogP contribution is -2.41. The lowest BCUT2D eigenvalue weighted by molar-refractivity contribution is 0.161. The molecule has 4 rings (SSSR count). The molecule has 3 heterocycles. The minimum absolute atomic E-state index is 0.307. The summed E-state index contributed by atoms with van der Waals surface area (Å²) in [7, 11) is 0. The number of benzene rings is 1. The molecule has 134 valence electrons. The van der Waals surface area contributed by atoms with E-state index in [4.69, 9.17) is 14.5 Å². The summed E-state index contributed by atoms with van der Waals surface area (Å²) in [6, 6.07) is 6.74. The Morgan fingerprint density at radius 2 is 2.20 bits per heavy atom. The quantitative estimate of drug-likeness (QED) is 0.800. The number of hydrogen-bond donors (Lipinski definition) is 1. The number of likely N-dealkylation sites (tertiary alicyclic amines) is 1. The van der Waals surface area contributed by atoms with E-state index in [1.807, 2.05) is 18.2 Å². The predicted molar refractivity (Wildman–Crippen MR) is 100 cm³/mol. The van der Waals surface area contributed by atoms with Gasteiger partial charge < -0.3 is 14.8 Å². The van der Waals surface area contributed by atoms with Crippen molar-refractivity contribution in [3.05, 3.63) is 29.3 Å². The number of hydrogen-bond acceptors (Lipinski definition) is 6. The average Bonchev–Trinajstić information content (AvgIpc) is 3.28. The molecular formula is C19H25N3O2S. The van der Waals surface area contributed by atoms with Gasteiger partial charge in [0.25, 0.3) is 0 Å². The zero-order chi connectivity index (χ0) is 17.1. The fraction of sp³-hybridized carbons (Fsp3) is 0.526. The summed E-state index contributed by atoms with van der Waals surface area (Å²) < 4.78 is 10.8. The Labute approximate surface area is 153 Å². The Balaban J connectivity index is 1.28. The molecule has 1 aromatic heterocycles. The van der Waals surface area contributed by atoms with Crippen molar-refractivity contribution < 1.29 is 9.47 Å². The van der Waals surface area contributed by atoms with Crippen molar-refractivity contribution in [3.8, 4) is 22.1 Å². The van der Waals surface area contributed by atoms with Crippen molar-refractivity contribution >= 4 is 11.3 Å². The first-order valence-electron chi connectivity index (χ1n) is 9.09. The van der Waals surface area contributed by atoms with Gasteiger partial charge in [0.2, 0.25) is 6.79 Å². The molecule has 5 nitrogen and oxygen atoms in total. The van der Waals surface area contributed by atoms with Gasteiger partial charge in [0, 0.05) is 36.6 Å². The SMILES string of the molecule is CC1CCCCN1CCNCc1csc(-c2ccc3c(c2)OCO3)n1. The third kappa shape index (κ3) is 3.97. The van der Waals surface area contributed by atoms with Crippen LogP contribution in [0.25, 0.3) is 10.6 Å². The smallest absolute Gasteiger partial charge is 0.231 e. The highest BCUT2D eigenvalue weighted by Gasteiger charge is 2.17. The number of rotatable bonds is 6. The number of fused-ring (bicyclic) bond motifs is 1. The van der Waals surface area contributed by atoms with Gasteiger partial charge in [-0.1, -0.05) is 6.42 Å². The van der Waals surface area contributed by atoms with Gasteiger partial charge in [-0.25, -0.2) is 4.98 Å². The van der Waals surface area contributed by atoms with Gasteiger partial charge in [0.15, 0.2) is 11.5 Å². The monoisotopic (exact) mass is 359 g/mol. The molecule has 0 radical (unpaired) electrons. The molecule has 2 aliphatic rings. The molecule has 0 spiro atoms. The van der Waals surface area contributed by atoms with Crippen LogP contribution in [0.2, 0.25) is 0 Å². The summed E-state index contributed by atoms with van der Waals surface area (Å²) in [5, 5.41) is 6.70. The highest BCUT2D eigenvalue weighted by molar-refractivity contribution is 7.13. The Morgan fingerprint density at radius 1 is 1.28 bits per heavy atom. The van der Waals surface area contributed by atoms with Crippen molar-refractivity contribution in [2.24, 2.45) is 0 Å². The van der Waals surface area contributed by atoms with E-state index >= 15 is 0 Å². The van der Waals surface area contributed by atoms with Crippen LogP contribution in [0.5, 0.6) is 11.5 Å². The van der Waals surface area contributed by atoms with Crippen molar-refractivity contribution in [2.45, 2.75) is 38.8 Å². The first-order chi connectivity index (χ1) is 12.3. The molecular weight excluding hydrogens is 334 g/mol. The zero-order valence-electron chi connectivity index (χ0n) is 14.7. The summed E-state index contributed by atoms with van der Waals surface area (Å²) in [5.74, 6) is 1.62. The van der Waals surface area contributed by atoms with E-state index in [9.17, 15) is 0 Å². The van der Waals surface area contributed by atoms with E-state index in [1.54, 1.807) is 11.3 Å². The van der Waals surface area contributed by atoms with E-state index in [1.165, 1.54) is 25.8 Å². The van der Waals surface area contributed by atoms with Crippen LogP contribution < -0.4 is 14.8 Å². The predicted octanol–water partition coefficient (Wildman–Crippen LogP) is 3.50. The standard InChI is InChI=1S/C19H25N3O2S/c1-14-4-2-3-8-22(14)9-7-20-11-16-12-25-19(21-16)15-5-6-17-18(10-15)24-13-23-17/h5-6,10,12,14,20H,2-4,7-9,11,13H2,1H3. The zero-order valence-corrected chi connectivity index (χ0v) is 15.5. The number of thiazole rings is 1. The van der Waals surface area contributed by atoms with Gasteiger partial charge in [0.1, 0.15) is 5.01 Å². The van der Waals surface area contributed by atoms with Gasteiger partial charge in [0.05, 0.1) is 5.69 Å². The maximum Gasteiger partial charge on any atom is 0.231 e. The molecule has 25 heavy (non-hydrogen) atoms. The molecule has 6 heteroatoms. The van der Waals surface area contributed by atoms with Crippen molar-refractivity contribution in [1.82, 2.24) is 15.2 Å². The first-order valence-corrected chi connectivity index (χ1v) is 9.97. The molecule has 0 saturated carbocycles. The summed E-state index contributed by atoms with van der Waals surface area (Å²) in [6.45, 7) is 6.86. The third-order valence-corrected chi connectivity index (χ3v) is 5.93. The summed E-state index contributed by atoms with van der Waals surface area (Å²) in [6.07, 6.45) is 4.06. The molecule has 1 unspecified atom stereocenters. The number of aromatic nitrogens is 1. The number of piperidine rings is 1. The van der Waals surface area contributed by atoms with Crippen molar-refractivity contribution in [1.29, 1.82) is 0 Å². The van der Waals surface area contributed by atoms with Crippen LogP contribution in [0, 0.1) is 0 Å². The second kappa shape index (κ2) is 7.72. The van der Waals surface area contributed by atoms with Crippen molar-refractivity contribution in [2.75, 3.05) is 26.4 Å². The van der Waals surface area contributed by atoms with Crippen LogP contribution in [-0.2, 0) is 6.54 Å². The minimum Gasteiger partial charge on any atom is -0.454 e. The van der Waals surface area contributed by atoms with E-state index in [2.05, 4.69) is 22.5 Å². The maximum absolute atomic E-state index is 5.45. The van der Waals surface area contributed by atoms with E-state index in [0.29, 0.717) is 6.79 Å². The second-order valence-electron chi connectivity index (χ2n) is 6.77. The third-order valence-electron chi connectivity index (χ3n) is 4.99. The normalized spacial score (nSPS) is 20.1. The van der Waals surface area contributed by atoms with Crippen LogP contribution in [0.1, 0.15) is 31.9 Å². The molecule has 0 bridgehead atoms. The lowest BCUT2D eigenvalue weighted by atomic mass is 10.0. The fourth-order valence-electron chi connectivity index (χ4n) is 3.48. The van der Waals surface area contributed by atoms with Crippen LogP contribution >= 0.6 is 11.3 Å². The molecule has 1 atom stereocenters. The summed E-state index contributed by atoms with van der Waals surface area (Å²) in [5.41, 5.74) is 2.19. The maximum atomic E-state index is 5.45. The minimum atomic E-state index is 0.307. The lowest BCUT2D eigenvalue weighted by Gasteiger charge is -2.33. The fourth-order valence-corrected chi connectivity index (χ4v) is 4.30. The highest BCUT2D eigenvalue weighted by atomic mass is 32.1. The first kappa shape index (κ1) is 16.8. The average molecular weight is 359 g/mol. The van der Waals surface area contributed by atoms with E-state index in [0.717, 1.165) is 53.4 Å². The molecule has 0 aliphatic carbocycles. The van der Waals surface area contributed by atoms with E-state index < -0.39 is 0 Å². The van der Waals surface area contributed by atoms with Gasteiger partial charge in [-0.2, -0.15) is 0 Å². The number of ether oxygens (including phenoxy) is 2. The van der Waals surface area contributed by atoms with Gasteiger partial charge >= 0.3 is 0 Å². The molecule has 2 aromatic rings. The molecule has 1 saturated heterocycles. The summed E-state index contributed by atoms with van der Waals surface area (Å²) in [4.78, 5) is 7.34. The van der Waals surface area contributed by atoms with Gasteiger partial charge in [-0.05, 0) is 44.5 Å². The van der Waals surface area contributed by atoms with Gasteiger partial charge in [-0.3, -0.25) is 4.90 Å². The van der Waals surface area contributed by atoms with E-state index in [-0.39, 0.29) is 0 Å². The Kier molecular flexibility index (Phi) is 5.20. The van der Waals surface area contributed by atoms with Gasteiger partial charge in [-0.15, -0.1) is 11.3 Å². The Bertz CT molecular complexity index is 718.